The molecule has 0 radical (unpaired) electrons. The molecule has 2 rings (SSSR count). The van der Waals surface area contributed by atoms with Crippen LogP contribution in [0.2, 0.25) is 5.02 Å². The summed E-state index contributed by atoms with van der Waals surface area (Å²) >= 11 is 5.91. The van der Waals surface area contributed by atoms with E-state index in [1.54, 1.807) is 0 Å². The molecule has 0 N–H and O–H groups in total. The minimum Gasteiger partial charge on any atom is -0.489 e. The number of carbonyl (C=O) groups excluding carboxylic acids is 1. The summed E-state index contributed by atoms with van der Waals surface area (Å²) < 4.78 is 19.1. The number of benzene rings is 1. The Morgan fingerprint density at radius 3 is 2.68 bits per heavy atom. The van der Waals surface area contributed by atoms with Gasteiger partial charge in [-0.1, -0.05) is 43.7 Å². The van der Waals surface area contributed by atoms with Gasteiger partial charge in [0.2, 0.25) is 0 Å². The molecule has 0 amide bonds. The van der Waals surface area contributed by atoms with Crippen molar-refractivity contribution in [1.29, 1.82) is 0 Å². The average Bonchev–Trinajstić information content (AvgIpc) is 2.42. The second kappa shape index (κ2) is 6.90. The van der Waals surface area contributed by atoms with Gasteiger partial charge in [0.1, 0.15) is 6.29 Å². The third-order valence-corrected chi connectivity index (χ3v) is 3.93. The fourth-order valence-corrected chi connectivity index (χ4v) is 2.86. The van der Waals surface area contributed by atoms with Gasteiger partial charge in [-0.15, -0.1) is 0 Å². The Labute approximate surface area is 117 Å². The molecule has 1 saturated carbocycles. The van der Waals surface area contributed by atoms with Gasteiger partial charge in [-0.2, -0.15) is 0 Å². The second-order valence-corrected chi connectivity index (χ2v) is 5.48. The van der Waals surface area contributed by atoms with E-state index in [0.29, 0.717) is 18.8 Å². The van der Waals surface area contributed by atoms with Crippen LogP contribution < -0.4 is 4.74 Å². The van der Waals surface area contributed by atoms with Crippen LogP contribution >= 0.6 is 11.6 Å². The third kappa shape index (κ3) is 3.93. The maximum atomic E-state index is 13.7. The smallest absolute Gasteiger partial charge is 0.173 e. The quantitative estimate of drug-likeness (QED) is 0.736. The summed E-state index contributed by atoms with van der Waals surface area (Å²) in [5.41, 5.74) is 0.224. The normalized spacial score (nSPS) is 16.3. The number of rotatable bonds is 5. The van der Waals surface area contributed by atoms with Gasteiger partial charge in [-0.25, -0.2) is 4.39 Å². The van der Waals surface area contributed by atoms with Crippen LogP contribution in [-0.2, 0) is 0 Å². The number of halogens is 2. The summed E-state index contributed by atoms with van der Waals surface area (Å²) in [4.78, 5) is 10.6. The fraction of sp³-hybridized carbons (Fsp3) is 0.533. The minimum atomic E-state index is -0.571. The van der Waals surface area contributed by atoms with E-state index in [9.17, 15) is 9.18 Å². The van der Waals surface area contributed by atoms with E-state index < -0.39 is 5.82 Å². The van der Waals surface area contributed by atoms with E-state index >= 15 is 0 Å². The molecule has 1 fully saturated rings. The maximum Gasteiger partial charge on any atom is 0.173 e. The first-order chi connectivity index (χ1) is 9.20. The highest BCUT2D eigenvalue weighted by molar-refractivity contribution is 6.32. The van der Waals surface area contributed by atoms with Gasteiger partial charge in [0.25, 0.3) is 0 Å². The minimum absolute atomic E-state index is 0.0584. The van der Waals surface area contributed by atoms with Gasteiger partial charge in [0.15, 0.2) is 11.6 Å². The molecule has 104 valence electrons. The Hall–Kier alpha value is -1.09. The second-order valence-electron chi connectivity index (χ2n) is 5.07. The van der Waals surface area contributed by atoms with Crippen LogP contribution in [0.4, 0.5) is 4.39 Å². The summed E-state index contributed by atoms with van der Waals surface area (Å²) in [5, 5.41) is 0.158. The van der Waals surface area contributed by atoms with Crippen molar-refractivity contribution in [2.24, 2.45) is 5.92 Å². The lowest BCUT2D eigenvalue weighted by Gasteiger charge is -2.21. The zero-order valence-corrected chi connectivity index (χ0v) is 11.6. The van der Waals surface area contributed by atoms with Gasteiger partial charge >= 0.3 is 0 Å². The largest absolute Gasteiger partial charge is 0.489 e. The van der Waals surface area contributed by atoms with Crippen molar-refractivity contribution in [3.05, 3.63) is 28.5 Å². The van der Waals surface area contributed by atoms with Gasteiger partial charge in [-0.3, -0.25) is 4.79 Å². The van der Waals surface area contributed by atoms with Gasteiger partial charge in [0, 0.05) is 5.56 Å². The van der Waals surface area contributed by atoms with Crippen molar-refractivity contribution in [1.82, 2.24) is 0 Å². The van der Waals surface area contributed by atoms with Crippen molar-refractivity contribution in [2.75, 3.05) is 6.61 Å². The van der Waals surface area contributed by atoms with Crippen molar-refractivity contribution in [3.63, 3.8) is 0 Å². The Bertz CT molecular complexity index is 419. The molecule has 0 aromatic heterocycles. The molecular formula is C15H18ClFO2. The number of ether oxygens (including phenoxy) is 1. The van der Waals surface area contributed by atoms with Crippen LogP contribution in [0.25, 0.3) is 0 Å². The number of aldehydes is 1. The molecular weight excluding hydrogens is 267 g/mol. The zero-order chi connectivity index (χ0) is 13.7. The standard InChI is InChI=1S/C15H18ClFO2/c16-13-8-12(10-18)9-14(17)15(13)19-7-6-11-4-2-1-3-5-11/h8-11H,1-7H2. The van der Waals surface area contributed by atoms with Crippen molar-refractivity contribution in [2.45, 2.75) is 38.5 Å². The van der Waals surface area contributed by atoms with Gasteiger partial charge in [0.05, 0.1) is 11.6 Å². The lowest BCUT2D eigenvalue weighted by Crippen LogP contribution is -2.11. The van der Waals surface area contributed by atoms with E-state index in [4.69, 9.17) is 16.3 Å². The van der Waals surface area contributed by atoms with Crippen LogP contribution in [0.15, 0.2) is 12.1 Å². The molecule has 4 heteroatoms. The summed E-state index contributed by atoms with van der Waals surface area (Å²) in [6.07, 6.45) is 7.88. The molecule has 1 aromatic carbocycles. The molecule has 19 heavy (non-hydrogen) atoms. The first kappa shape index (κ1) is 14.3. The lowest BCUT2D eigenvalue weighted by molar-refractivity contribution is 0.112. The Balaban J connectivity index is 1.90. The molecule has 0 heterocycles. The van der Waals surface area contributed by atoms with Crippen LogP contribution in [0, 0.1) is 11.7 Å². The summed E-state index contributed by atoms with van der Waals surface area (Å²) in [5.74, 6) is 0.172. The molecule has 0 unspecified atom stereocenters. The average molecular weight is 285 g/mol. The van der Waals surface area contributed by atoms with Crippen molar-refractivity contribution in [3.8, 4) is 5.75 Å². The Kier molecular flexibility index (Phi) is 5.20. The molecule has 1 aliphatic rings. The molecule has 0 spiro atoms. The molecule has 0 atom stereocenters. The number of hydrogen-bond acceptors (Lipinski definition) is 2. The monoisotopic (exact) mass is 284 g/mol. The summed E-state index contributed by atoms with van der Waals surface area (Å²) in [6.45, 7) is 0.474. The van der Waals surface area contributed by atoms with Crippen LogP contribution in [0.1, 0.15) is 48.9 Å². The lowest BCUT2D eigenvalue weighted by atomic mass is 9.87. The van der Waals surface area contributed by atoms with E-state index in [-0.39, 0.29) is 16.3 Å². The number of hydrogen-bond donors (Lipinski definition) is 0. The number of carbonyl (C=O) groups is 1. The van der Waals surface area contributed by atoms with E-state index in [0.717, 1.165) is 12.5 Å². The SMILES string of the molecule is O=Cc1cc(F)c(OCCC2CCCCC2)c(Cl)c1. The molecule has 0 bridgehead atoms. The van der Waals surface area contributed by atoms with E-state index in [1.165, 1.54) is 38.2 Å². The highest BCUT2D eigenvalue weighted by atomic mass is 35.5. The molecule has 1 aromatic rings. The van der Waals surface area contributed by atoms with E-state index in [2.05, 4.69) is 0 Å². The van der Waals surface area contributed by atoms with Gasteiger partial charge in [-0.05, 0) is 24.5 Å². The van der Waals surface area contributed by atoms with Crippen molar-refractivity contribution < 1.29 is 13.9 Å². The summed E-state index contributed by atoms with van der Waals surface area (Å²) in [6, 6.07) is 2.57. The highest BCUT2D eigenvalue weighted by Crippen LogP contribution is 2.30. The molecule has 2 nitrogen and oxygen atoms in total. The Morgan fingerprint density at radius 1 is 1.32 bits per heavy atom. The topological polar surface area (TPSA) is 26.3 Å². The molecule has 1 aliphatic carbocycles. The molecule has 0 aliphatic heterocycles. The van der Waals surface area contributed by atoms with Gasteiger partial charge < -0.3 is 4.74 Å². The van der Waals surface area contributed by atoms with E-state index in [1.807, 2.05) is 0 Å². The maximum absolute atomic E-state index is 13.7. The predicted octanol–water partition coefficient (Wildman–Crippen LogP) is 4.64. The first-order valence-electron chi connectivity index (χ1n) is 6.77. The zero-order valence-electron chi connectivity index (χ0n) is 10.8. The predicted molar refractivity (Wildman–Crippen MR) is 73.5 cm³/mol. The van der Waals surface area contributed by atoms with Crippen molar-refractivity contribution >= 4 is 17.9 Å². The Morgan fingerprint density at radius 2 is 2.05 bits per heavy atom. The van der Waals surface area contributed by atoms with Crippen LogP contribution in [0.5, 0.6) is 5.75 Å². The van der Waals surface area contributed by atoms with Crippen LogP contribution in [0.3, 0.4) is 0 Å². The van der Waals surface area contributed by atoms with Crippen LogP contribution in [-0.4, -0.2) is 12.9 Å². The first-order valence-corrected chi connectivity index (χ1v) is 7.15. The molecule has 0 saturated heterocycles. The summed E-state index contributed by atoms with van der Waals surface area (Å²) in [7, 11) is 0. The third-order valence-electron chi connectivity index (χ3n) is 3.65. The highest BCUT2D eigenvalue weighted by Gasteiger charge is 2.15. The fourth-order valence-electron chi connectivity index (χ4n) is 2.59.